The Balaban J connectivity index is 1.37. The number of nitrogens with one attached hydrogen (secondary N) is 2. The molecule has 7 heteroatoms. The highest BCUT2D eigenvalue weighted by Gasteiger charge is 2.24. The molecule has 0 saturated carbocycles. The van der Waals surface area contributed by atoms with E-state index in [2.05, 4.69) is 114 Å². The highest BCUT2D eigenvalue weighted by molar-refractivity contribution is 9.10. The maximum Gasteiger partial charge on any atom is 0.225 e. The molecular weight excluding hydrogens is 530 g/mol. The molecule has 0 aliphatic carbocycles. The number of piperidine rings is 1. The highest BCUT2D eigenvalue weighted by atomic mass is 79.9. The van der Waals surface area contributed by atoms with Crippen molar-refractivity contribution < 1.29 is 0 Å². The molecule has 0 amide bonds. The predicted molar refractivity (Wildman–Crippen MR) is 157 cm³/mol. The summed E-state index contributed by atoms with van der Waals surface area (Å²) < 4.78 is 2.29. The minimum absolute atomic E-state index is 0.106. The fraction of sp³-hybridized carbons (Fsp3) is 0.379. The van der Waals surface area contributed by atoms with Gasteiger partial charge in [0.15, 0.2) is 5.82 Å². The largest absolute Gasteiger partial charge is 0.355 e. The van der Waals surface area contributed by atoms with Crippen molar-refractivity contribution in [1.82, 2.24) is 15.3 Å². The van der Waals surface area contributed by atoms with Gasteiger partial charge in [0.1, 0.15) is 0 Å². The molecule has 5 nitrogen and oxygen atoms in total. The van der Waals surface area contributed by atoms with Crippen molar-refractivity contribution in [2.24, 2.45) is 0 Å². The lowest BCUT2D eigenvalue weighted by molar-refractivity contribution is 0.413. The molecule has 2 aromatic heterocycles. The SMILES string of the molecule is Cc1ccc(-c2cc3nc(NC(C)(C)C)nc(N4CCC(NCc5ccc(Br)cc5)CC4)c3s2)cc1. The maximum absolute atomic E-state index is 5.05. The molecule has 0 bridgehead atoms. The number of thiophene rings is 1. The van der Waals surface area contributed by atoms with E-state index in [1.54, 1.807) is 11.3 Å². The molecule has 1 saturated heterocycles. The summed E-state index contributed by atoms with van der Waals surface area (Å²) in [6, 6.07) is 20.0. The summed E-state index contributed by atoms with van der Waals surface area (Å²) in [5.41, 5.74) is 4.73. The Morgan fingerprint density at radius 3 is 2.36 bits per heavy atom. The lowest BCUT2D eigenvalue weighted by atomic mass is 10.0. The molecule has 1 fully saturated rings. The van der Waals surface area contributed by atoms with Crippen molar-refractivity contribution in [2.45, 2.75) is 58.7 Å². The molecule has 36 heavy (non-hydrogen) atoms. The van der Waals surface area contributed by atoms with Crippen LogP contribution in [0.25, 0.3) is 20.7 Å². The lowest BCUT2D eigenvalue weighted by Gasteiger charge is -2.34. The normalized spacial score (nSPS) is 15.0. The van der Waals surface area contributed by atoms with Crippen LogP contribution in [0.2, 0.25) is 0 Å². The lowest BCUT2D eigenvalue weighted by Crippen LogP contribution is -2.42. The van der Waals surface area contributed by atoms with Crippen molar-refractivity contribution >= 4 is 49.2 Å². The third-order valence-electron chi connectivity index (χ3n) is 6.48. The number of rotatable bonds is 6. The number of benzene rings is 2. The average molecular weight is 565 g/mol. The quantitative estimate of drug-likeness (QED) is 0.256. The Morgan fingerprint density at radius 1 is 1.00 bits per heavy atom. The molecule has 0 spiro atoms. The fourth-order valence-corrected chi connectivity index (χ4v) is 5.92. The van der Waals surface area contributed by atoms with Crippen LogP contribution in [0.15, 0.2) is 59.1 Å². The van der Waals surface area contributed by atoms with E-state index in [0.29, 0.717) is 12.0 Å². The van der Waals surface area contributed by atoms with Gasteiger partial charge in [-0.15, -0.1) is 11.3 Å². The molecule has 0 radical (unpaired) electrons. The molecule has 2 aromatic carbocycles. The first kappa shape index (κ1) is 25.2. The van der Waals surface area contributed by atoms with Gasteiger partial charge in [-0.05, 0) is 69.9 Å². The monoisotopic (exact) mass is 563 g/mol. The first-order valence-corrected chi connectivity index (χ1v) is 14.2. The zero-order valence-corrected chi connectivity index (χ0v) is 23.8. The zero-order valence-electron chi connectivity index (χ0n) is 21.4. The van der Waals surface area contributed by atoms with Crippen molar-refractivity contribution in [2.75, 3.05) is 23.3 Å². The van der Waals surface area contributed by atoms with Gasteiger partial charge in [0.25, 0.3) is 0 Å². The number of hydrogen-bond donors (Lipinski definition) is 2. The number of aryl methyl sites for hydroxylation is 1. The van der Waals surface area contributed by atoms with Crippen LogP contribution in [0, 0.1) is 6.92 Å². The summed E-state index contributed by atoms with van der Waals surface area (Å²) in [7, 11) is 0. The van der Waals surface area contributed by atoms with Gasteiger partial charge in [-0.3, -0.25) is 0 Å². The van der Waals surface area contributed by atoms with Gasteiger partial charge < -0.3 is 15.5 Å². The highest BCUT2D eigenvalue weighted by Crippen LogP contribution is 2.39. The molecule has 0 atom stereocenters. The van der Waals surface area contributed by atoms with Crippen LogP contribution < -0.4 is 15.5 Å². The van der Waals surface area contributed by atoms with E-state index in [-0.39, 0.29) is 5.54 Å². The molecule has 3 heterocycles. The van der Waals surface area contributed by atoms with Crippen molar-refractivity contribution in [3.05, 3.63) is 70.2 Å². The number of fused-ring (bicyclic) bond motifs is 1. The second kappa shape index (κ2) is 10.5. The van der Waals surface area contributed by atoms with Crippen LogP contribution in [-0.4, -0.2) is 34.6 Å². The first-order chi connectivity index (χ1) is 17.2. The number of aromatic nitrogens is 2. The van der Waals surface area contributed by atoms with Crippen LogP contribution in [0.5, 0.6) is 0 Å². The van der Waals surface area contributed by atoms with Crippen LogP contribution in [0.3, 0.4) is 0 Å². The number of nitrogens with zero attached hydrogens (tertiary/aromatic N) is 3. The predicted octanol–water partition coefficient (Wildman–Crippen LogP) is 7.40. The summed E-state index contributed by atoms with van der Waals surface area (Å²) in [5.74, 6) is 1.76. The Morgan fingerprint density at radius 2 is 1.69 bits per heavy atom. The first-order valence-electron chi connectivity index (χ1n) is 12.6. The Kier molecular flexibility index (Phi) is 7.33. The van der Waals surface area contributed by atoms with E-state index in [1.807, 2.05) is 0 Å². The van der Waals surface area contributed by atoms with Gasteiger partial charge in [0.2, 0.25) is 5.95 Å². The number of hydrogen-bond acceptors (Lipinski definition) is 6. The fourth-order valence-electron chi connectivity index (χ4n) is 4.54. The summed E-state index contributed by atoms with van der Waals surface area (Å²) in [4.78, 5) is 13.6. The Hall–Kier alpha value is -2.48. The van der Waals surface area contributed by atoms with Gasteiger partial charge >= 0.3 is 0 Å². The van der Waals surface area contributed by atoms with Crippen LogP contribution in [0.4, 0.5) is 11.8 Å². The molecule has 0 unspecified atom stereocenters. The van der Waals surface area contributed by atoms with Crippen LogP contribution >= 0.6 is 27.3 Å². The van der Waals surface area contributed by atoms with Crippen LogP contribution in [-0.2, 0) is 6.54 Å². The molecule has 2 N–H and O–H groups in total. The van der Waals surface area contributed by atoms with Crippen LogP contribution in [0.1, 0.15) is 44.7 Å². The Labute approximate surface area is 226 Å². The minimum Gasteiger partial charge on any atom is -0.355 e. The third-order valence-corrected chi connectivity index (χ3v) is 8.18. The average Bonchev–Trinajstić information content (AvgIpc) is 3.27. The Bertz CT molecular complexity index is 1320. The second-order valence-electron chi connectivity index (χ2n) is 10.7. The van der Waals surface area contributed by atoms with Gasteiger partial charge in [-0.2, -0.15) is 4.98 Å². The molecule has 1 aliphatic heterocycles. The molecule has 1 aliphatic rings. The van der Waals surface area contributed by atoms with Crippen molar-refractivity contribution in [3.8, 4) is 10.4 Å². The molecule has 4 aromatic rings. The third kappa shape index (κ3) is 6.07. The van der Waals surface area contributed by atoms with E-state index < -0.39 is 0 Å². The van der Waals surface area contributed by atoms with E-state index in [9.17, 15) is 0 Å². The minimum atomic E-state index is -0.106. The van der Waals surface area contributed by atoms with Gasteiger partial charge in [0.05, 0.1) is 10.2 Å². The number of halogens is 1. The molecule has 188 valence electrons. The summed E-state index contributed by atoms with van der Waals surface area (Å²) in [5, 5.41) is 7.26. The maximum atomic E-state index is 5.05. The van der Waals surface area contributed by atoms with Crippen molar-refractivity contribution in [1.29, 1.82) is 0 Å². The molecular formula is C29H34BrN5S. The van der Waals surface area contributed by atoms with Crippen molar-refractivity contribution in [3.63, 3.8) is 0 Å². The van der Waals surface area contributed by atoms with Gasteiger partial charge in [0, 0.05) is 40.6 Å². The van der Waals surface area contributed by atoms with E-state index in [4.69, 9.17) is 9.97 Å². The van der Waals surface area contributed by atoms with E-state index in [1.165, 1.54) is 26.3 Å². The van der Waals surface area contributed by atoms with Gasteiger partial charge in [-0.25, -0.2) is 4.98 Å². The van der Waals surface area contributed by atoms with E-state index >= 15 is 0 Å². The zero-order chi connectivity index (χ0) is 25.3. The second-order valence-corrected chi connectivity index (χ2v) is 12.7. The summed E-state index contributed by atoms with van der Waals surface area (Å²) in [6.07, 6.45) is 2.19. The topological polar surface area (TPSA) is 53.1 Å². The standard InChI is InChI=1S/C29H34BrN5S/c1-19-5-9-21(10-6-19)25-17-24-26(36-25)27(33-28(32-24)34-29(2,3)4)35-15-13-23(14-16-35)31-18-20-7-11-22(30)12-8-20/h5-12,17,23,31H,13-16,18H2,1-4H3,(H,32,33,34). The molecule has 5 rings (SSSR count). The number of anilines is 2. The summed E-state index contributed by atoms with van der Waals surface area (Å²) >= 11 is 5.32. The van der Waals surface area contributed by atoms with E-state index in [0.717, 1.165) is 48.3 Å². The van der Waals surface area contributed by atoms with Gasteiger partial charge in [-0.1, -0.05) is 57.9 Å². The smallest absolute Gasteiger partial charge is 0.225 e. The summed E-state index contributed by atoms with van der Waals surface area (Å²) in [6.45, 7) is 11.4.